The van der Waals surface area contributed by atoms with E-state index in [1.165, 1.54) is 4.31 Å². The summed E-state index contributed by atoms with van der Waals surface area (Å²) in [5, 5.41) is 0. The molecule has 0 bridgehead atoms. The van der Waals surface area contributed by atoms with E-state index >= 15 is 0 Å². The first-order valence-corrected chi connectivity index (χ1v) is 8.01. The number of aryl methyl sites for hydroxylation is 2. The van der Waals surface area contributed by atoms with Crippen LogP contribution in [0.5, 0.6) is 0 Å². The summed E-state index contributed by atoms with van der Waals surface area (Å²) < 4.78 is 32.7. The van der Waals surface area contributed by atoms with Crippen molar-refractivity contribution in [3.63, 3.8) is 0 Å². The van der Waals surface area contributed by atoms with Crippen molar-refractivity contribution in [2.45, 2.75) is 18.7 Å². The minimum Gasteiger partial charge on any atom is -0.379 e. The van der Waals surface area contributed by atoms with Gasteiger partial charge in [0.25, 0.3) is 0 Å². The summed E-state index contributed by atoms with van der Waals surface area (Å²) in [6.45, 7) is 5.49. The predicted octanol–water partition coefficient (Wildman–Crippen LogP) is 2.09. The number of halogens is 1. The molecule has 1 aliphatic rings. The summed E-state index contributed by atoms with van der Waals surface area (Å²) in [6, 6.07) is 3.58. The molecule has 18 heavy (non-hydrogen) atoms. The largest absolute Gasteiger partial charge is 0.379 e. The van der Waals surface area contributed by atoms with Crippen LogP contribution in [0.15, 0.2) is 21.5 Å². The predicted molar refractivity (Wildman–Crippen MR) is 73.2 cm³/mol. The van der Waals surface area contributed by atoms with Gasteiger partial charge >= 0.3 is 0 Å². The van der Waals surface area contributed by atoms with Crippen LogP contribution in [0.1, 0.15) is 11.1 Å². The summed E-state index contributed by atoms with van der Waals surface area (Å²) in [4.78, 5) is 0.394. The highest BCUT2D eigenvalue weighted by Gasteiger charge is 2.27. The van der Waals surface area contributed by atoms with Crippen LogP contribution in [0.2, 0.25) is 0 Å². The van der Waals surface area contributed by atoms with Crippen LogP contribution in [0.4, 0.5) is 0 Å². The smallest absolute Gasteiger partial charge is 0.243 e. The molecule has 1 saturated heterocycles. The second-order valence-electron chi connectivity index (χ2n) is 4.38. The Labute approximate surface area is 116 Å². The topological polar surface area (TPSA) is 46.6 Å². The molecule has 2 rings (SSSR count). The van der Waals surface area contributed by atoms with E-state index in [0.717, 1.165) is 15.6 Å². The van der Waals surface area contributed by atoms with Gasteiger partial charge in [0.15, 0.2) is 0 Å². The molecule has 1 aromatic rings. The maximum absolute atomic E-state index is 12.5. The molecular formula is C12H16BrNO3S. The first-order chi connectivity index (χ1) is 8.43. The van der Waals surface area contributed by atoms with Gasteiger partial charge in [0.05, 0.1) is 18.1 Å². The maximum atomic E-state index is 12.5. The van der Waals surface area contributed by atoms with Gasteiger partial charge < -0.3 is 4.74 Å². The fourth-order valence-corrected chi connectivity index (χ4v) is 4.12. The molecule has 0 spiro atoms. The maximum Gasteiger partial charge on any atom is 0.243 e. The number of hydrogen-bond acceptors (Lipinski definition) is 3. The van der Waals surface area contributed by atoms with Gasteiger partial charge in [-0.15, -0.1) is 0 Å². The average molecular weight is 334 g/mol. The normalized spacial score (nSPS) is 17.9. The van der Waals surface area contributed by atoms with Crippen molar-refractivity contribution in [3.8, 4) is 0 Å². The monoisotopic (exact) mass is 333 g/mol. The Kier molecular flexibility index (Phi) is 4.11. The number of ether oxygens (including phenoxy) is 1. The van der Waals surface area contributed by atoms with Gasteiger partial charge in [-0.1, -0.05) is 15.9 Å². The molecule has 0 radical (unpaired) electrons. The molecule has 0 aliphatic carbocycles. The number of morpholine rings is 1. The zero-order chi connectivity index (χ0) is 13.3. The number of nitrogens with zero attached hydrogens (tertiary/aromatic N) is 1. The highest BCUT2D eigenvalue weighted by Crippen LogP contribution is 2.26. The van der Waals surface area contributed by atoms with Crippen molar-refractivity contribution in [1.29, 1.82) is 0 Å². The summed E-state index contributed by atoms with van der Waals surface area (Å²) in [7, 11) is -3.40. The van der Waals surface area contributed by atoms with Crippen LogP contribution in [0.3, 0.4) is 0 Å². The van der Waals surface area contributed by atoms with Gasteiger partial charge in [0.1, 0.15) is 0 Å². The van der Waals surface area contributed by atoms with E-state index in [1.54, 1.807) is 6.07 Å². The molecule has 0 unspecified atom stereocenters. The first-order valence-electron chi connectivity index (χ1n) is 5.77. The van der Waals surface area contributed by atoms with Crippen LogP contribution in [-0.2, 0) is 14.8 Å². The lowest BCUT2D eigenvalue weighted by Crippen LogP contribution is -2.40. The lowest BCUT2D eigenvalue weighted by Gasteiger charge is -2.26. The van der Waals surface area contributed by atoms with Gasteiger partial charge in [0, 0.05) is 17.6 Å². The van der Waals surface area contributed by atoms with Gasteiger partial charge in [-0.3, -0.25) is 0 Å². The van der Waals surface area contributed by atoms with Crippen molar-refractivity contribution in [2.24, 2.45) is 0 Å². The van der Waals surface area contributed by atoms with E-state index in [9.17, 15) is 8.42 Å². The van der Waals surface area contributed by atoms with E-state index in [4.69, 9.17) is 4.74 Å². The standard InChI is InChI=1S/C12H16BrNO3S/c1-9-8-12(10(2)7-11(9)13)18(15,16)14-3-5-17-6-4-14/h7-8H,3-6H2,1-2H3. The molecule has 4 nitrogen and oxygen atoms in total. The molecule has 100 valence electrons. The molecule has 1 aromatic carbocycles. The summed E-state index contributed by atoms with van der Waals surface area (Å²) in [5.41, 5.74) is 1.69. The van der Waals surface area contributed by atoms with Crippen LogP contribution in [0, 0.1) is 13.8 Å². The highest BCUT2D eigenvalue weighted by atomic mass is 79.9. The fourth-order valence-electron chi connectivity index (χ4n) is 1.96. The lowest BCUT2D eigenvalue weighted by atomic mass is 10.2. The molecule has 0 N–H and O–H groups in total. The van der Waals surface area contributed by atoms with Gasteiger partial charge in [-0.05, 0) is 37.1 Å². The Bertz CT molecular complexity index is 551. The Hall–Kier alpha value is -0.430. The Morgan fingerprint density at radius 3 is 2.39 bits per heavy atom. The Morgan fingerprint density at radius 1 is 1.17 bits per heavy atom. The first kappa shape index (κ1) is 14.0. The molecule has 1 fully saturated rings. The van der Waals surface area contributed by atoms with Crippen molar-refractivity contribution in [3.05, 3.63) is 27.7 Å². The quantitative estimate of drug-likeness (QED) is 0.832. The molecule has 0 amide bonds. The van der Waals surface area contributed by atoms with Crippen molar-refractivity contribution in [2.75, 3.05) is 26.3 Å². The van der Waals surface area contributed by atoms with Gasteiger partial charge in [0.2, 0.25) is 10.0 Å². The van der Waals surface area contributed by atoms with Crippen molar-refractivity contribution in [1.82, 2.24) is 4.31 Å². The third-order valence-corrected chi connectivity index (χ3v) is 5.94. The van der Waals surface area contributed by atoms with Crippen molar-refractivity contribution >= 4 is 26.0 Å². The number of hydrogen-bond donors (Lipinski definition) is 0. The zero-order valence-electron chi connectivity index (χ0n) is 10.4. The minimum absolute atomic E-state index is 0.394. The fraction of sp³-hybridized carbons (Fsp3) is 0.500. The van der Waals surface area contributed by atoms with E-state index in [1.807, 2.05) is 19.9 Å². The van der Waals surface area contributed by atoms with E-state index < -0.39 is 10.0 Å². The molecular weight excluding hydrogens is 318 g/mol. The zero-order valence-corrected chi connectivity index (χ0v) is 12.8. The SMILES string of the molecule is Cc1cc(S(=O)(=O)N2CCOCC2)c(C)cc1Br. The third-order valence-electron chi connectivity index (χ3n) is 3.04. The third kappa shape index (κ3) is 2.61. The molecule has 0 saturated carbocycles. The molecule has 1 aliphatic heterocycles. The Morgan fingerprint density at radius 2 is 1.78 bits per heavy atom. The molecule has 0 atom stereocenters. The van der Waals surface area contributed by atoms with Crippen LogP contribution >= 0.6 is 15.9 Å². The van der Waals surface area contributed by atoms with Crippen LogP contribution in [0.25, 0.3) is 0 Å². The molecule has 0 aromatic heterocycles. The van der Waals surface area contributed by atoms with Gasteiger partial charge in [-0.25, -0.2) is 8.42 Å². The van der Waals surface area contributed by atoms with E-state index in [2.05, 4.69) is 15.9 Å². The summed E-state index contributed by atoms with van der Waals surface area (Å²) >= 11 is 3.41. The number of sulfonamides is 1. The number of rotatable bonds is 2. The average Bonchev–Trinajstić information content (AvgIpc) is 2.34. The van der Waals surface area contributed by atoms with E-state index in [0.29, 0.717) is 31.2 Å². The Balaban J connectivity index is 2.43. The summed E-state index contributed by atoms with van der Waals surface area (Å²) in [5.74, 6) is 0. The molecule has 1 heterocycles. The summed E-state index contributed by atoms with van der Waals surface area (Å²) in [6.07, 6.45) is 0. The highest BCUT2D eigenvalue weighted by molar-refractivity contribution is 9.10. The van der Waals surface area contributed by atoms with Crippen molar-refractivity contribution < 1.29 is 13.2 Å². The number of benzene rings is 1. The second-order valence-corrected chi connectivity index (χ2v) is 7.14. The minimum atomic E-state index is -3.40. The van der Waals surface area contributed by atoms with Gasteiger partial charge in [-0.2, -0.15) is 4.31 Å². The second kappa shape index (κ2) is 5.28. The molecule has 6 heteroatoms. The van der Waals surface area contributed by atoms with Crippen LogP contribution < -0.4 is 0 Å². The van der Waals surface area contributed by atoms with Crippen LogP contribution in [-0.4, -0.2) is 39.0 Å². The lowest BCUT2D eigenvalue weighted by molar-refractivity contribution is 0.0730. The van der Waals surface area contributed by atoms with E-state index in [-0.39, 0.29) is 0 Å².